The molecule has 3 aromatic rings. The van der Waals surface area contributed by atoms with Crippen LogP contribution in [0.3, 0.4) is 0 Å². The Hall–Kier alpha value is -2.46. The Morgan fingerprint density at radius 3 is 1.86 bits per heavy atom. The molecule has 0 saturated carbocycles. The van der Waals surface area contributed by atoms with E-state index < -0.39 is 0 Å². The van der Waals surface area contributed by atoms with Crippen LogP contribution in [0.15, 0.2) is 65.2 Å². The molecular formula is C17H17N3O. The molecule has 0 fully saturated rings. The lowest BCUT2D eigenvalue weighted by Crippen LogP contribution is -2.08. The van der Waals surface area contributed by atoms with Crippen molar-refractivity contribution in [2.24, 2.45) is 5.73 Å². The van der Waals surface area contributed by atoms with Gasteiger partial charge in [-0.3, -0.25) is 0 Å². The molecule has 1 atom stereocenters. The lowest BCUT2D eigenvalue weighted by atomic mass is 9.91. The number of benzene rings is 2. The molecule has 0 spiro atoms. The van der Waals surface area contributed by atoms with Gasteiger partial charge in [0.1, 0.15) is 0 Å². The monoisotopic (exact) mass is 279 g/mol. The fraction of sp³-hybridized carbons (Fsp3) is 0.176. The van der Waals surface area contributed by atoms with Crippen LogP contribution in [0, 0.1) is 0 Å². The highest BCUT2D eigenvalue weighted by atomic mass is 16.5. The smallest absolute Gasteiger partial charge is 0.243 e. The zero-order chi connectivity index (χ0) is 14.7. The summed E-state index contributed by atoms with van der Waals surface area (Å²) in [5.74, 6) is 1.05. The summed E-state index contributed by atoms with van der Waals surface area (Å²) in [5.41, 5.74) is 8.06. The van der Waals surface area contributed by atoms with Gasteiger partial charge in [-0.05, 0) is 18.1 Å². The van der Waals surface area contributed by atoms with Gasteiger partial charge in [0.15, 0.2) is 5.82 Å². The number of nitrogens with two attached hydrogens (primary N) is 1. The van der Waals surface area contributed by atoms with Crippen LogP contribution in [-0.2, 0) is 0 Å². The van der Waals surface area contributed by atoms with E-state index in [-0.39, 0.29) is 12.0 Å². The molecule has 2 aromatic carbocycles. The Morgan fingerprint density at radius 2 is 1.43 bits per heavy atom. The Balaban J connectivity index is 2.08. The second-order valence-corrected chi connectivity index (χ2v) is 5.03. The molecule has 0 saturated heterocycles. The van der Waals surface area contributed by atoms with E-state index in [9.17, 15) is 0 Å². The zero-order valence-electron chi connectivity index (χ0n) is 11.8. The summed E-state index contributed by atoms with van der Waals surface area (Å²) in [6, 6.07) is 20.0. The van der Waals surface area contributed by atoms with Gasteiger partial charge in [-0.25, -0.2) is 0 Å². The molecule has 4 nitrogen and oxygen atoms in total. The van der Waals surface area contributed by atoms with Crippen molar-refractivity contribution in [3.8, 4) is 0 Å². The molecule has 21 heavy (non-hydrogen) atoms. The fourth-order valence-electron chi connectivity index (χ4n) is 2.33. The van der Waals surface area contributed by atoms with E-state index in [0.29, 0.717) is 11.7 Å². The zero-order valence-corrected chi connectivity index (χ0v) is 11.8. The summed E-state index contributed by atoms with van der Waals surface area (Å²) < 4.78 is 5.26. The molecule has 1 aromatic heterocycles. The SMILES string of the molecule is C[C@H](N)c1nc(C(c2ccccc2)c2ccccc2)no1. The third-order valence-electron chi connectivity index (χ3n) is 3.37. The van der Waals surface area contributed by atoms with Crippen LogP contribution in [0.1, 0.15) is 41.7 Å². The molecule has 0 aliphatic heterocycles. The van der Waals surface area contributed by atoms with E-state index in [2.05, 4.69) is 34.4 Å². The summed E-state index contributed by atoms with van der Waals surface area (Å²) in [6.45, 7) is 1.83. The van der Waals surface area contributed by atoms with E-state index in [1.165, 1.54) is 0 Å². The predicted molar refractivity (Wildman–Crippen MR) is 80.7 cm³/mol. The number of rotatable bonds is 4. The average molecular weight is 279 g/mol. The minimum absolute atomic E-state index is 0.0522. The first-order valence-electron chi connectivity index (χ1n) is 6.94. The van der Waals surface area contributed by atoms with Crippen LogP contribution in [0.4, 0.5) is 0 Å². The van der Waals surface area contributed by atoms with Gasteiger partial charge < -0.3 is 10.3 Å². The Morgan fingerprint density at radius 1 is 0.905 bits per heavy atom. The van der Waals surface area contributed by atoms with Gasteiger partial charge >= 0.3 is 0 Å². The number of aromatic nitrogens is 2. The highest BCUT2D eigenvalue weighted by Gasteiger charge is 2.23. The first kappa shape index (κ1) is 13.5. The van der Waals surface area contributed by atoms with E-state index in [4.69, 9.17) is 10.3 Å². The summed E-state index contributed by atoms with van der Waals surface area (Å²) in [7, 11) is 0. The van der Waals surface area contributed by atoms with Gasteiger partial charge in [0.05, 0.1) is 12.0 Å². The second-order valence-electron chi connectivity index (χ2n) is 5.03. The number of nitrogens with zero attached hydrogens (tertiary/aromatic N) is 2. The summed E-state index contributed by atoms with van der Waals surface area (Å²) in [5, 5.41) is 4.12. The quantitative estimate of drug-likeness (QED) is 0.796. The second kappa shape index (κ2) is 5.89. The molecule has 0 aliphatic rings. The molecule has 0 amide bonds. The van der Waals surface area contributed by atoms with Crippen molar-refractivity contribution in [3.05, 3.63) is 83.5 Å². The lowest BCUT2D eigenvalue weighted by Gasteiger charge is -2.14. The third kappa shape index (κ3) is 2.85. The lowest BCUT2D eigenvalue weighted by molar-refractivity contribution is 0.356. The molecule has 3 rings (SSSR count). The molecule has 0 unspecified atom stereocenters. The van der Waals surface area contributed by atoms with Crippen molar-refractivity contribution < 1.29 is 4.52 Å². The third-order valence-corrected chi connectivity index (χ3v) is 3.37. The van der Waals surface area contributed by atoms with Crippen molar-refractivity contribution in [1.29, 1.82) is 0 Å². The predicted octanol–water partition coefficient (Wildman–Crippen LogP) is 3.27. The topological polar surface area (TPSA) is 64.9 Å². The maximum atomic E-state index is 5.81. The highest BCUT2D eigenvalue weighted by Crippen LogP contribution is 2.30. The summed E-state index contributed by atoms with van der Waals surface area (Å²) >= 11 is 0. The van der Waals surface area contributed by atoms with E-state index in [1.54, 1.807) is 0 Å². The summed E-state index contributed by atoms with van der Waals surface area (Å²) in [6.07, 6.45) is 0. The van der Waals surface area contributed by atoms with E-state index >= 15 is 0 Å². The Kier molecular flexibility index (Phi) is 3.79. The Bertz CT molecular complexity index is 653. The molecule has 0 aliphatic carbocycles. The molecule has 4 heteroatoms. The van der Waals surface area contributed by atoms with Gasteiger partial charge in [0.2, 0.25) is 5.89 Å². The van der Waals surface area contributed by atoms with Gasteiger partial charge in [0.25, 0.3) is 0 Å². The summed E-state index contributed by atoms with van der Waals surface area (Å²) in [4.78, 5) is 4.46. The molecule has 106 valence electrons. The van der Waals surface area contributed by atoms with Gasteiger partial charge in [0, 0.05) is 0 Å². The van der Waals surface area contributed by atoms with E-state index in [1.807, 2.05) is 43.3 Å². The largest absolute Gasteiger partial charge is 0.338 e. The van der Waals surface area contributed by atoms with Crippen molar-refractivity contribution in [2.45, 2.75) is 18.9 Å². The molecule has 2 N–H and O–H groups in total. The number of hydrogen-bond donors (Lipinski definition) is 1. The van der Waals surface area contributed by atoms with Crippen molar-refractivity contribution in [2.75, 3.05) is 0 Å². The van der Waals surface area contributed by atoms with Crippen LogP contribution < -0.4 is 5.73 Å². The standard InChI is InChI=1S/C17H17N3O/c1-12(18)17-19-16(20-21-17)15(13-8-4-2-5-9-13)14-10-6-3-7-11-14/h2-12,15H,18H2,1H3/t12-/m0/s1. The van der Waals surface area contributed by atoms with Gasteiger partial charge in [-0.1, -0.05) is 65.8 Å². The Labute approximate surface area is 123 Å². The van der Waals surface area contributed by atoms with Crippen LogP contribution in [-0.4, -0.2) is 10.1 Å². The van der Waals surface area contributed by atoms with Crippen molar-refractivity contribution >= 4 is 0 Å². The highest BCUT2D eigenvalue weighted by molar-refractivity contribution is 5.37. The van der Waals surface area contributed by atoms with E-state index in [0.717, 1.165) is 11.1 Å². The normalized spacial score (nSPS) is 12.5. The van der Waals surface area contributed by atoms with Crippen LogP contribution >= 0.6 is 0 Å². The molecular weight excluding hydrogens is 262 g/mol. The van der Waals surface area contributed by atoms with Crippen molar-refractivity contribution in [1.82, 2.24) is 10.1 Å². The minimum Gasteiger partial charge on any atom is -0.338 e. The first-order chi connectivity index (χ1) is 10.3. The van der Waals surface area contributed by atoms with Crippen LogP contribution in [0.5, 0.6) is 0 Å². The van der Waals surface area contributed by atoms with Crippen LogP contribution in [0.2, 0.25) is 0 Å². The first-order valence-corrected chi connectivity index (χ1v) is 6.94. The maximum Gasteiger partial charge on any atom is 0.243 e. The maximum absolute atomic E-state index is 5.81. The molecule has 1 heterocycles. The minimum atomic E-state index is -0.265. The van der Waals surface area contributed by atoms with Crippen molar-refractivity contribution in [3.63, 3.8) is 0 Å². The van der Waals surface area contributed by atoms with Gasteiger partial charge in [-0.2, -0.15) is 4.98 Å². The fourth-order valence-corrected chi connectivity index (χ4v) is 2.33. The molecule has 0 bridgehead atoms. The van der Waals surface area contributed by atoms with Crippen LogP contribution in [0.25, 0.3) is 0 Å². The average Bonchev–Trinajstić information content (AvgIpc) is 3.00. The number of hydrogen-bond acceptors (Lipinski definition) is 4. The molecule has 0 radical (unpaired) electrons. The van der Waals surface area contributed by atoms with Gasteiger partial charge in [-0.15, -0.1) is 0 Å².